The summed E-state index contributed by atoms with van der Waals surface area (Å²) in [5, 5.41) is 4.06. The minimum Gasteiger partial charge on any atom is -0.488 e. The van der Waals surface area contributed by atoms with Gasteiger partial charge in [-0.3, -0.25) is 19.5 Å². The van der Waals surface area contributed by atoms with Gasteiger partial charge in [0, 0.05) is 46.6 Å². The molecular formula is C25H26ClN3O3S. The van der Waals surface area contributed by atoms with E-state index in [1.165, 1.54) is 4.90 Å². The van der Waals surface area contributed by atoms with Crippen LogP contribution in [0.3, 0.4) is 0 Å². The molecule has 2 amide bonds. The van der Waals surface area contributed by atoms with Crippen LogP contribution in [0.1, 0.15) is 49.1 Å². The second-order valence-corrected chi connectivity index (χ2v) is 10.3. The van der Waals surface area contributed by atoms with E-state index in [0.29, 0.717) is 5.02 Å². The van der Waals surface area contributed by atoms with Gasteiger partial charge < -0.3 is 10.1 Å². The molecule has 6 nitrogen and oxygen atoms in total. The molecule has 2 atom stereocenters. The average Bonchev–Trinajstić information content (AvgIpc) is 3.38. The number of nitrogens with one attached hydrogen (secondary N) is 1. The third-order valence-corrected chi connectivity index (χ3v) is 7.93. The molecule has 2 fully saturated rings. The number of hydrogen-bond donors (Lipinski definition) is 1. The minimum atomic E-state index is -0.315. The maximum absolute atomic E-state index is 12.3. The number of fused-ring (bicyclic) bond motifs is 1. The number of amides is 2. The predicted octanol–water partition coefficient (Wildman–Crippen LogP) is 5.27. The number of halogens is 1. The van der Waals surface area contributed by atoms with Crippen LogP contribution in [-0.2, 0) is 9.59 Å². The van der Waals surface area contributed by atoms with Gasteiger partial charge in [0.2, 0.25) is 11.8 Å². The summed E-state index contributed by atoms with van der Waals surface area (Å²) in [6.07, 6.45) is 4.57. The fourth-order valence-electron chi connectivity index (χ4n) is 4.70. The standard InChI is InChI=1S/C25H26ClN3O3S/c1-14-10-16(26)11-19(24(14)32-17-4-3-8-27-13-17)18-7-9-28-20-12-21(33-25(18)20)15(2)29-22(30)5-6-23(29)31/h7,9-12,15,17,27H,3-6,8,13H2,1-2H3/t15-,17?/m0/s1. The number of carbonyl (C=O) groups excluding carboxylic acids is 2. The average molecular weight is 484 g/mol. The molecule has 2 aliphatic rings. The first kappa shape index (κ1) is 22.3. The van der Waals surface area contributed by atoms with E-state index >= 15 is 0 Å². The van der Waals surface area contributed by atoms with Crippen LogP contribution in [0.5, 0.6) is 5.75 Å². The number of thiophene rings is 1. The van der Waals surface area contributed by atoms with Gasteiger partial charge in [-0.15, -0.1) is 11.3 Å². The highest BCUT2D eigenvalue weighted by Crippen LogP contribution is 2.43. The minimum absolute atomic E-state index is 0.111. The Morgan fingerprint density at radius 1 is 1.21 bits per heavy atom. The molecule has 1 aromatic carbocycles. The maximum atomic E-state index is 12.3. The summed E-state index contributed by atoms with van der Waals surface area (Å²) in [5.74, 6) is 0.620. The van der Waals surface area contributed by atoms with Gasteiger partial charge >= 0.3 is 0 Å². The van der Waals surface area contributed by atoms with Gasteiger partial charge in [-0.1, -0.05) is 11.6 Å². The number of piperidine rings is 1. The Kier molecular flexibility index (Phi) is 6.12. The van der Waals surface area contributed by atoms with Gasteiger partial charge in [-0.05, 0) is 63.1 Å². The second kappa shape index (κ2) is 9.05. The molecule has 2 saturated heterocycles. The van der Waals surface area contributed by atoms with Gasteiger partial charge in [0.15, 0.2) is 0 Å². The molecule has 2 aliphatic heterocycles. The Labute approximate surface area is 201 Å². The van der Waals surface area contributed by atoms with Crippen LogP contribution in [0.4, 0.5) is 0 Å². The van der Waals surface area contributed by atoms with Crippen molar-refractivity contribution in [1.82, 2.24) is 15.2 Å². The number of pyridine rings is 1. The molecule has 0 spiro atoms. The smallest absolute Gasteiger partial charge is 0.230 e. The van der Waals surface area contributed by atoms with Gasteiger partial charge in [-0.2, -0.15) is 0 Å². The van der Waals surface area contributed by atoms with E-state index in [4.69, 9.17) is 16.3 Å². The quantitative estimate of drug-likeness (QED) is 0.501. The van der Waals surface area contributed by atoms with E-state index in [1.54, 1.807) is 17.5 Å². The fraction of sp³-hybridized carbons (Fsp3) is 0.400. The molecule has 0 radical (unpaired) electrons. The summed E-state index contributed by atoms with van der Waals surface area (Å²) in [5.41, 5.74) is 3.76. The summed E-state index contributed by atoms with van der Waals surface area (Å²) in [4.78, 5) is 31.4. The first-order valence-corrected chi connectivity index (χ1v) is 12.5. The molecule has 1 N–H and O–H groups in total. The van der Waals surface area contributed by atoms with Crippen molar-refractivity contribution in [1.29, 1.82) is 0 Å². The van der Waals surface area contributed by atoms with E-state index in [2.05, 4.69) is 10.3 Å². The normalized spacial score (nSPS) is 20.0. The molecular weight excluding hydrogens is 458 g/mol. The van der Waals surface area contributed by atoms with Gasteiger partial charge in [0.05, 0.1) is 16.3 Å². The van der Waals surface area contributed by atoms with Gasteiger partial charge in [0.1, 0.15) is 11.9 Å². The molecule has 2 aromatic heterocycles. The number of likely N-dealkylation sites (tertiary alicyclic amines) is 1. The number of aryl methyl sites for hydroxylation is 1. The molecule has 3 aromatic rings. The first-order chi connectivity index (χ1) is 15.9. The summed E-state index contributed by atoms with van der Waals surface area (Å²) >= 11 is 8.04. The molecule has 0 saturated carbocycles. The summed E-state index contributed by atoms with van der Waals surface area (Å²) < 4.78 is 7.50. The van der Waals surface area contributed by atoms with Crippen molar-refractivity contribution in [2.24, 2.45) is 0 Å². The summed E-state index contributed by atoms with van der Waals surface area (Å²) in [6.45, 7) is 5.77. The van der Waals surface area contributed by atoms with Crippen molar-refractivity contribution in [3.63, 3.8) is 0 Å². The molecule has 8 heteroatoms. The number of ether oxygens (including phenoxy) is 1. The first-order valence-electron chi connectivity index (χ1n) is 11.3. The molecule has 33 heavy (non-hydrogen) atoms. The van der Waals surface area contributed by atoms with E-state index < -0.39 is 0 Å². The molecule has 172 valence electrons. The zero-order valence-corrected chi connectivity index (χ0v) is 20.3. The topological polar surface area (TPSA) is 71.5 Å². The number of rotatable bonds is 5. The van der Waals surface area contributed by atoms with Gasteiger partial charge in [0.25, 0.3) is 0 Å². The second-order valence-electron chi connectivity index (χ2n) is 8.74. The number of aromatic nitrogens is 1. The lowest BCUT2D eigenvalue weighted by atomic mass is 10.0. The Balaban J connectivity index is 1.58. The number of benzene rings is 1. The highest BCUT2D eigenvalue weighted by molar-refractivity contribution is 7.19. The van der Waals surface area contributed by atoms with E-state index in [0.717, 1.165) is 63.5 Å². The van der Waals surface area contributed by atoms with Crippen molar-refractivity contribution in [3.8, 4) is 16.9 Å². The number of nitrogens with zero attached hydrogens (tertiary/aromatic N) is 2. The highest BCUT2D eigenvalue weighted by atomic mass is 35.5. The largest absolute Gasteiger partial charge is 0.488 e. The maximum Gasteiger partial charge on any atom is 0.230 e. The Morgan fingerprint density at radius 2 is 2.00 bits per heavy atom. The monoisotopic (exact) mass is 483 g/mol. The van der Waals surface area contributed by atoms with Crippen molar-refractivity contribution in [2.75, 3.05) is 13.1 Å². The Hall–Kier alpha value is -2.48. The van der Waals surface area contributed by atoms with Crippen LogP contribution in [0.15, 0.2) is 30.5 Å². The van der Waals surface area contributed by atoms with Crippen LogP contribution in [0, 0.1) is 6.92 Å². The zero-order valence-electron chi connectivity index (χ0n) is 18.7. The van der Waals surface area contributed by atoms with Crippen LogP contribution in [0.2, 0.25) is 5.02 Å². The third-order valence-electron chi connectivity index (χ3n) is 6.39. The van der Waals surface area contributed by atoms with Crippen LogP contribution < -0.4 is 10.1 Å². The lowest BCUT2D eigenvalue weighted by molar-refractivity contribution is -0.140. The molecule has 5 rings (SSSR count). The highest BCUT2D eigenvalue weighted by Gasteiger charge is 2.34. The van der Waals surface area contributed by atoms with E-state index in [9.17, 15) is 9.59 Å². The van der Waals surface area contributed by atoms with Crippen molar-refractivity contribution in [2.45, 2.75) is 51.7 Å². The van der Waals surface area contributed by atoms with Crippen LogP contribution >= 0.6 is 22.9 Å². The SMILES string of the molecule is Cc1cc(Cl)cc(-c2ccnc3cc([C@H](C)N4C(=O)CCC4=O)sc23)c1OC1CCCNC1. The number of imide groups is 1. The predicted molar refractivity (Wildman–Crippen MR) is 131 cm³/mol. The van der Waals surface area contributed by atoms with Gasteiger partial charge in [-0.25, -0.2) is 0 Å². The molecule has 0 bridgehead atoms. The molecule has 4 heterocycles. The number of carbonyl (C=O) groups is 2. The van der Waals surface area contributed by atoms with E-state index in [1.807, 2.05) is 38.1 Å². The Bertz CT molecular complexity index is 1220. The van der Waals surface area contributed by atoms with Crippen LogP contribution in [0.25, 0.3) is 21.3 Å². The van der Waals surface area contributed by atoms with Crippen molar-refractivity contribution >= 4 is 45.0 Å². The van der Waals surface area contributed by atoms with Crippen molar-refractivity contribution in [3.05, 3.63) is 45.9 Å². The zero-order chi connectivity index (χ0) is 23.1. The van der Waals surface area contributed by atoms with E-state index in [-0.39, 0.29) is 36.8 Å². The number of hydrogen-bond acceptors (Lipinski definition) is 6. The Morgan fingerprint density at radius 3 is 2.73 bits per heavy atom. The summed E-state index contributed by atoms with van der Waals surface area (Å²) in [7, 11) is 0. The third kappa shape index (κ3) is 4.25. The van der Waals surface area contributed by atoms with Crippen LogP contribution in [-0.4, -0.2) is 40.9 Å². The fourth-order valence-corrected chi connectivity index (χ4v) is 6.16. The summed E-state index contributed by atoms with van der Waals surface area (Å²) in [6, 6.07) is 7.53. The molecule has 0 aliphatic carbocycles. The van der Waals surface area contributed by atoms with Crippen molar-refractivity contribution < 1.29 is 14.3 Å². The lowest BCUT2D eigenvalue weighted by Gasteiger charge is -2.26. The lowest BCUT2D eigenvalue weighted by Crippen LogP contribution is -2.37. The molecule has 1 unspecified atom stereocenters.